The number of carbonyl (C=O) groups is 3. The number of H-pyrrole nitrogens is 1. The van der Waals surface area contributed by atoms with Crippen molar-refractivity contribution in [3.63, 3.8) is 0 Å². The average molecular weight is 447 g/mol. The lowest BCUT2D eigenvalue weighted by atomic mass is 10.1. The van der Waals surface area contributed by atoms with Gasteiger partial charge >= 0.3 is 12.1 Å². The standard InChI is InChI=1S/C12H24N2O6.C6H9N3O2/c13-11(15)9-7-5-3-1-2-4-6-8-10-17-19-20-18-12(14)16;7-5(6(10)11)1-4-2-8-3-9-4/h1-10H2,(H2,13,15)(H2,14,16);2-3,5H,1,7H2,(H,8,9)(H,10,11). The molecule has 0 aliphatic rings. The van der Waals surface area contributed by atoms with Crippen LogP contribution in [-0.4, -0.2) is 45.7 Å². The highest BCUT2D eigenvalue weighted by molar-refractivity contribution is 5.73. The number of carboxylic acids is 1. The van der Waals surface area contributed by atoms with Gasteiger partial charge in [-0.15, -0.1) is 0 Å². The van der Waals surface area contributed by atoms with Gasteiger partial charge in [0.15, 0.2) is 0 Å². The van der Waals surface area contributed by atoms with Crippen molar-refractivity contribution in [1.29, 1.82) is 0 Å². The third-order valence-corrected chi connectivity index (χ3v) is 3.90. The second kappa shape index (κ2) is 19.2. The van der Waals surface area contributed by atoms with Crippen molar-refractivity contribution in [1.82, 2.24) is 9.97 Å². The first kappa shape index (κ1) is 28.3. The van der Waals surface area contributed by atoms with Crippen LogP contribution in [0.1, 0.15) is 63.5 Å². The van der Waals surface area contributed by atoms with E-state index >= 15 is 0 Å². The molecule has 8 N–H and O–H groups in total. The maximum absolute atomic E-state index is 10.5. The fourth-order valence-electron chi connectivity index (χ4n) is 2.34. The topological polar surface area (TPSA) is 215 Å². The number of nitrogens with zero attached hydrogens (tertiary/aromatic N) is 1. The number of rotatable bonds is 17. The van der Waals surface area contributed by atoms with Crippen LogP contribution in [0, 0.1) is 0 Å². The Morgan fingerprint density at radius 2 is 1.61 bits per heavy atom. The molecule has 13 heteroatoms. The van der Waals surface area contributed by atoms with Crippen molar-refractivity contribution < 1.29 is 39.3 Å². The molecule has 1 unspecified atom stereocenters. The van der Waals surface area contributed by atoms with Gasteiger partial charge in [0.1, 0.15) is 6.04 Å². The molecule has 31 heavy (non-hydrogen) atoms. The summed E-state index contributed by atoms with van der Waals surface area (Å²) in [6.07, 6.45) is 11.0. The minimum atomic E-state index is -1.11. The Morgan fingerprint density at radius 1 is 1.00 bits per heavy atom. The van der Waals surface area contributed by atoms with E-state index in [2.05, 4.69) is 35.6 Å². The second-order valence-electron chi connectivity index (χ2n) is 6.63. The molecular weight excluding hydrogens is 414 g/mol. The lowest BCUT2D eigenvalue weighted by molar-refractivity contribution is -0.615. The normalized spacial score (nSPS) is 11.3. The Kier molecular flexibility index (Phi) is 17.5. The predicted octanol–water partition coefficient (Wildman–Crippen LogP) is 1.24. The minimum Gasteiger partial charge on any atom is -0.480 e. The first-order valence-corrected chi connectivity index (χ1v) is 9.99. The molecular formula is C18H33N5O8. The average Bonchev–Trinajstić information content (AvgIpc) is 3.21. The number of unbranched alkanes of at least 4 members (excludes halogenated alkanes) is 7. The van der Waals surface area contributed by atoms with Gasteiger partial charge in [0.05, 0.1) is 12.9 Å². The molecule has 0 aliphatic heterocycles. The van der Waals surface area contributed by atoms with Crippen LogP contribution in [0.25, 0.3) is 0 Å². The molecule has 0 saturated heterocycles. The van der Waals surface area contributed by atoms with E-state index in [1.165, 1.54) is 6.33 Å². The van der Waals surface area contributed by atoms with Gasteiger partial charge in [-0.05, 0) is 17.9 Å². The molecule has 0 aromatic carbocycles. The number of amides is 2. The molecule has 1 atom stereocenters. The van der Waals surface area contributed by atoms with Crippen molar-refractivity contribution in [2.75, 3.05) is 6.61 Å². The van der Waals surface area contributed by atoms with Crippen LogP contribution in [0.5, 0.6) is 0 Å². The molecule has 1 heterocycles. The van der Waals surface area contributed by atoms with Gasteiger partial charge in [-0.2, -0.15) is 0 Å². The quantitative estimate of drug-likeness (QED) is 0.131. The third kappa shape index (κ3) is 20.3. The summed E-state index contributed by atoms with van der Waals surface area (Å²) in [6, 6.07) is -0.851. The van der Waals surface area contributed by atoms with Crippen LogP contribution < -0.4 is 17.2 Å². The zero-order valence-electron chi connectivity index (χ0n) is 17.5. The Morgan fingerprint density at radius 3 is 2.13 bits per heavy atom. The van der Waals surface area contributed by atoms with Crippen LogP contribution in [0.15, 0.2) is 12.5 Å². The molecule has 0 bridgehead atoms. The zero-order chi connectivity index (χ0) is 23.3. The number of aliphatic carboxylic acids is 1. The minimum absolute atomic E-state index is 0.225. The van der Waals surface area contributed by atoms with Gasteiger partial charge in [0.25, 0.3) is 0 Å². The number of aromatic amines is 1. The fraction of sp³-hybridized carbons (Fsp3) is 0.667. The van der Waals surface area contributed by atoms with Crippen LogP contribution >= 0.6 is 0 Å². The maximum atomic E-state index is 10.5. The summed E-state index contributed by atoms with van der Waals surface area (Å²) < 4.78 is 0. The summed E-state index contributed by atoms with van der Waals surface area (Å²) in [7, 11) is 0. The van der Waals surface area contributed by atoms with Gasteiger partial charge < -0.3 is 27.3 Å². The lowest BCUT2D eigenvalue weighted by Crippen LogP contribution is -2.32. The number of hydrogen-bond donors (Lipinski definition) is 5. The molecule has 0 radical (unpaired) electrons. The first-order chi connectivity index (χ1) is 14.8. The number of carboxylic acid groups (broad SMARTS) is 1. The monoisotopic (exact) mass is 447 g/mol. The van der Waals surface area contributed by atoms with Gasteiger partial charge in [0.2, 0.25) is 5.91 Å². The number of aromatic nitrogens is 2. The van der Waals surface area contributed by atoms with E-state index in [1.54, 1.807) is 6.20 Å². The van der Waals surface area contributed by atoms with E-state index in [-0.39, 0.29) is 12.3 Å². The molecule has 0 saturated carbocycles. The van der Waals surface area contributed by atoms with Crippen molar-refractivity contribution in [3.8, 4) is 0 Å². The van der Waals surface area contributed by atoms with Crippen molar-refractivity contribution in [2.45, 2.75) is 70.3 Å². The number of hydrogen-bond acceptors (Lipinski definition) is 9. The summed E-state index contributed by atoms with van der Waals surface area (Å²) >= 11 is 0. The summed E-state index contributed by atoms with van der Waals surface area (Å²) in [6.45, 7) is 0.348. The second-order valence-corrected chi connectivity index (χ2v) is 6.63. The molecule has 0 aliphatic carbocycles. The fourth-order valence-corrected chi connectivity index (χ4v) is 2.34. The number of imidazole rings is 1. The number of primary amides is 2. The van der Waals surface area contributed by atoms with E-state index < -0.39 is 18.1 Å². The SMILES string of the molecule is NC(=O)CCCCCCCCCCOOOOC(N)=O.NC(Cc1cnc[nH]1)C(=O)O. The number of carbonyl (C=O) groups excluding carboxylic acids is 2. The van der Waals surface area contributed by atoms with Gasteiger partial charge in [-0.25, -0.2) is 19.6 Å². The zero-order valence-corrected chi connectivity index (χ0v) is 17.5. The molecule has 1 aromatic rings. The highest BCUT2D eigenvalue weighted by Crippen LogP contribution is 2.09. The van der Waals surface area contributed by atoms with Crippen LogP contribution in [0.4, 0.5) is 4.79 Å². The first-order valence-electron chi connectivity index (χ1n) is 9.99. The van der Waals surface area contributed by atoms with Crippen molar-refractivity contribution in [2.24, 2.45) is 17.2 Å². The van der Waals surface area contributed by atoms with Gasteiger partial charge in [-0.3, -0.25) is 9.59 Å². The van der Waals surface area contributed by atoms with E-state index in [0.29, 0.717) is 13.0 Å². The van der Waals surface area contributed by atoms with Gasteiger partial charge in [0, 0.05) is 29.8 Å². The highest BCUT2D eigenvalue weighted by Gasteiger charge is 2.12. The Hall–Kier alpha value is -2.74. The Balaban J connectivity index is 0.000000683. The predicted molar refractivity (Wildman–Crippen MR) is 107 cm³/mol. The van der Waals surface area contributed by atoms with Crippen LogP contribution in [0.2, 0.25) is 0 Å². The molecule has 178 valence electrons. The van der Waals surface area contributed by atoms with E-state index in [4.69, 9.17) is 16.6 Å². The summed E-state index contributed by atoms with van der Waals surface area (Å²) in [5.74, 6) is -1.22. The van der Waals surface area contributed by atoms with Crippen molar-refractivity contribution >= 4 is 18.0 Å². The molecule has 0 spiro atoms. The van der Waals surface area contributed by atoms with Gasteiger partial charge in [-0.1, -0.05) is 38.5 Å². The number of nitrogens with one attached hydrogen (secondary N) is 1. The molecule has 1 aromatic heterocycles. The Bertz CT molecular complexity index is 574. The number of nitrogens with two attached hydrogens (primary N) is 3. The van der Waals surface area contributed by atoms with Crippen LogP contribution in [-0.2, 0) is 35.9 Å². The molecule has 0 fully saturated rings. The van der Waals surface area contributed by atoms with Crippen LogP contribution in [0.3, 0.4) is 0 Å². The lowest BCUT2D eigenvalue weighted by Gasteiger charge is -2.02. The maximum Gasteiger partial charge on any atom is 0.439 e. The highest BCUT2D eigenvalue weighted by atomic mass is 17.7. The summed E-state index contributed by atoms with van der Waals surface area (Å²) in [4.78, 5) is 45.7. The molecule has 13 nitrogen and oxygen atoms in total. The molecule has 1 rings (SSSR count). The molecule has 2 amide bonds. The van der Waals surface area contributed by atoms with E-state index in [1.807, 2.05) is 0 Å². The van der Waals surface area contributed by atoms with Crippen molar-refractivity contribution in [3.05, 3.63) is 18.2 Å². The smallest absolute Gasteiger partial charge is 0.439 e. The van der Waals surface area contributed by atoms with E-state index in [0.717, 1.165) is 57.1 Å². The summed E-state index contributed by atoms with van der Waals surface area (Å²) in [5.41, 5.74) is 15.6. The third-order valence-electron chi connectivity index (χ3n) is 3.90. The largest absolute Gasteiger partial charge is 0.480 e. The Labute approximate surface area is 180 Å². The summed E-state index contributed by atoms with van der Waals surface area (Å²) in [5, 5.41) is 16.4. The van der Waals surface area contributed by atoms with E-state index in [9.17, 15) is 14.4 Å².